The van der Waals surface area contributed by atoms with E-state index in [4.69, 9.17) is 9.84 Å². The molecule has 0 bridgehead atoms. The molecule has 100 valence electrons. The van der Waals surface area contributed by atoms with E-state index in [-0.39, 0.29) is 24.6 Å². The minimum absolute atomic E-state index is 0.0420. The van der Waals surface area contributed by atoms with Crippen molar-refractivity contribution in [3.63, 3.8) is 0 Å². The van der Waals surface area contributed by atoms with Crippen LogP contribution in [-0.2, 0) is 10.0 Å². The quantitative estimate of drug-likeness (QED) is 0.747. The largest absolute Gasteiger partial charge is 0.497 e. The first-order chi connectivity index (χ1) is 8.56. The molecule has 6 heteroatoms. The predicted octanol–water partition coefficient (Wildman–Crippen LogP) is 0.864. The molecule has 0 saturated heterocycles. The number of aliphatic hydroxyl groups excluding tert-OH is 1. The molecule has 1 aromatic rings. The van der Waals surface area contributed by atoms with E-state index in [0.29, 0.717) is 5.75 Å². The summed E-state index contributed by atoms with van der Waals surface area (Å²) >= 11 is 0. The molecule has 0 aromatic heterocycles. The van der Waals surface area contributed by atoms with Crippen LogP contribution in [0.2, 0.25) is 0 Å². The van der Waals surface area contributed by atoms with Gasteiger partial charge in [0.05, 0.1) is 18.6 Å². The lowest BCUT2D eigenvalue weighted by molar-refractivity contribution is 0.260. The molecular formula is C12H17NO4S. The zero-order valence-corrected chi connectivity index (χ0v) is 11.1. The Hall–Kier alpha value is -1.37. The summed E-state index contributed by atoms with van der Waals surface area (Å²) in [5, 5.41) is 8.90. The molecule has 1 N–H and O–H groups in total. The zero-order valence-electron chi connectivity index (χ0n) is 10.2. The minimum Gasteiger partial charge on any atom is -0.497 e. The number of benzene rings is 1. The molecule has 1 aromatic carbocycles. The monoisotopic (exact) mass is 271 g/mol. The van der Waals surface area contributed by atoms with Crippen LogP contribution in [0.1, 0.15) is 0 Å². The average molecular weight is 271 g/mol. The Morgan fingerprint density at radius 3 is 2.44 bits per heavy atom. The molecule has 0 heterocycles. The third-order valence-electron chi connectivity index (χ3n) is 2.38. The molecule has 0 atom stereocenters. The molecule has 0 unspecified atom stereocenters. The first kappa shape index (κ1) is 14.7. The number of rotatable bonds is 7. The van der Waals surface area contributed by atoms with E-state index in [1.807, 2.05) is 0 Å². The summed E-state index contributed by atoms with van der Waals surface area (Å²) in [6.45, 7) is 3.48. The fraction of sp³-hybridized carbons (Fsp3) is 0.333. The van der Waals surface area contributed by atoms with Crippen LogP contribution in [0.3, 0.4) is 0 Å². The number of methoxy groups -OCH3 is 1. The number of ether oxygens (including phenoxy) is 1. The third-order valence-corrected chi connectivity index (χ3v) is 4.26. The van der Waals surface area contributed by atoms with Crippen molar-refractivity contribution in [3.05, 3.63) is 36.9 Å². The highest BCUT2D eigenvalue weighted by Gasteiger charge is 2.22. The molecule has 0 saturated carbocycles. The maximum atomic E-state index is 12.2. The van der Waals surface area contributed by atoms with Gasteiger partial charge in [0, 0.05) is 13.1 Å². The van der Waals surface area contributed by atoms with Gasteiger partial charge in [-0.05, 0) is 24.3 Å². The molecule has 0 fully saturated rings. The van der Waals surface area contributed by atoms with Crippen LogP contribution in [0.15, 0.2) is 41.8 Å². The lowest BCUT2D eigenvalue weighted by Crippen LogP contribution is -2.33. The summed E-state index contributed by atoms with van der Waals surface area (Å²) in [5.41, 5.74) is 0. The first-order valence-electron chi connectivity index (χ1n) is 5.42. The van der Waals surface area contributed by atoms with E-state index in [2.05, 4.69) is 6.58 Å². The van der Waals surface area contributed by atoms with E-state index in [1.54, 1.807) is 12.1 Å². The SMILES string of the molecule is C=CCN(CCO)S(=O)(=O)c1ccc(OC)cc1. The van der Waals surface area contributed by atoms with Crippen LogP contribution >= 0.6 is 0 Å². The Bertz CT molecular complexity index is 481. The molecule has 0 aliphatic rings. The molecule has 5 nitrogen and oxygen atoms in total. The Kier molecular flexibility index (Phi) is 5.33. The molecule has 0 aliphatic heterocycles. The van der Waals surface area contributed by atoms with Crippen LogP contribution in [0.25, 0.3) is 0 Å². The van der Waals surface area contributed by atoms with Crippen molar-refractivity contribution in [1.29, 1.82) is 0 Å². The number of nitrogens with zero attached hydrogens (tertiary/aromatic N) is 1. The Morgan fingerprint density at radius 2 is 2.00 bits per heavy atom. The number of hydrogen-bond donors (Lipinski definition) is 1. The van der Waals surface area contributed by atoms with Crippen LogP contribution in [0.4, 0.5) is 0 Å². The van der Waals surface area contributed by atoms with Gasteiger partial charge < -0.3 is 9.84 Å². The molecular weight excluding hydrogens is 254 g/mol. The highest BCUT2D eigenvalue weighted by atomic mass is 32.2. The van der Waals surface area contributed by atoms with Crippen molar-refractivity contribution in [2.45, 2.75) is 4.90 Å². The van der Waals surface area contributed by atoms with Gasteiger partial charge in [0.1, 0.15) is 5.75 Å². The van der Waals surface area contributed by atoms with Gasteiger partial charge in [0.2, 0.25) is 10.0 Å². The molecule has 0 spiro atoms. The van der Waals surface area contributed by atoms with Crippen molar-refractivity contribution < 1.29 is 18.3 Å². The summed E-state index contributed by atoms with van der Waals surface area (Å²) in [6, 6.07) is 6.11. The van der Waals surface area contributed by atoms with Crippen LogP contribution in [0, 0.1) is 0 Å². The van der Waals surface area contributed by atoms with Crippen molar-refractivity contribution in [2.24, 2.45) is 0 Å². The van der Waals surface area contributed by atoms with Crippen molar-refractivity contribution in [2.75, 3.05) is 26.8 Å². The standard InChI is InChI=1S/C12H17NO4S/c1-3-8-13(9-10-14)18(15,16)12-6-4-11(17-2)5-7-12/h3-7,14H,1,8-10H2,2H3. The van der Waals surface area contributed by atoms with Crippen molar-refractivity contribution in [3.8, 4) is 5.75 Å². The Labute approximate surface area is 107 Å². The van der Waals surface area contributed by atoms with E-state index >= 15 is 0 Å². The summed E-state index contributed by atoms with van der Waals surface area (Å²) in [5.74, 6) is 0.589. The molecule has 18 heavy (non-hydrogen) atoms. The lowest BCUT2D eigenvalue weighted by atomic mass is 10.3. The average Bonchev–Trinajstić information content (AvgIpc) is 2.38. The number of sulfonamides is 1. The third kappa shape index (κ3) is 3.32. The van der Waals surface area contributed by atoms with E-state index in [1.165, 1.54) is 29.6 Å². The number of aliphatic hydroxyl groups is 1. The van der Waals surface area contributed by atoms with Gasteiger partial charge in [0.25, 0.3) is 0 Å². The van der Waals surface area contributed by atoms with E-state index < -0.39 is 10.0 Å². The fourth-order valence-electron chi connectivity index (χ4n) is 1.46. The molecule has 1 rings (SSSR count). The van der Waals surface area contributed by atoms with Crippen molar-refractivity contribution in [1.82, 2.24) is 4.31 Å². The Balaban J connectivity index is 3.04. The maximum absolute atomic E-state index is 12.2. The van der Waals surface area contributed by atoms with Gasteiger partial charge in [-0.25, -0.2) is 8.42 Å². The van der Waals surface area contributed by atoms with Gasteiger partial charge in [-0.1, -0.05) is 6.08 Å². The number of hydrogen-bond acceptors (Lipinski definition) is 4. The topological polar surface area (TPSA) is 66.8 Å². The van der Waals surface area contributed by atoms with Gasteiger partial charge in [-0.15, -0.1) is 6.58 Å². The summed E-state index contributed by atoms with van der Waals surface area (Å²) in [7, 11) is -2.09. The highest BCUT2D eigenvalue weighted by Crippen LogP contribution is 2.19. The second-order valence-corrected chi connectivity index (χ2v) is 5.49. The second kappa shape index (κ2) is 6.53. The van der Waals surface area contributed by atoms with Crippen LogP contribution < -0.4 is 4.74 Å². The predicted molar refractivity (Wildman–Crippen MR) is 69.0 cm³/mol. The zero-order chi connectivity index (χ0) is 13.6. The summed E-state index contributed by atoms with van der Waals surface area (Å²) in [4.78, 5) is 0.165. The van der Waals surface area contributed by atoms with Crippen molar-refractivity contribution >= 4 is 10.0 Å². The molecule has 0 amide bonds. The van der Waals surface area contributed by atoms with Gasteiger partial charge in [0.15, 0.2) is 0 Å². The molecule has 0 aliphatic carbocycles. The van der Waals surface area contributed by atoms with E-state index in [9.17, 15) is 8.42 Å². The van der Waals surface area contributed by atoms with Gasteiger partial charge in [-0.2, -0.15) is 4.31 Å². The first-order valence-corrected chi connectivity index (χ1v) is 6.86. The van der Waals surface area contributed by atoms with Crippen LogP contribution in [0.5, 0.6) is 5.75 Å². The summed E-state index contributed by atoms with van der Waals surface area (Å²) < 4.78 is 30.6. The van der Waals surface area contributed by atoms with Gasteiger partial charge >= 0.3 is 0 Å². The maximum Gasteiger partial charge on any atom is 0.243 e. The lowest BCUT2D eigenvalue weighted by Gasteiger charge is -2.19. The van der Waals surface area contributed by atoms with E-state index in [0.717, 1.165) is 0 Å². The summed E-state index contributed by atoms with van der Waals surface area (Å²) in [6.07, 6.45) is 1.48. The fourth-order valence-corrected chi connectivity index (χ4v) is 2.86. The highest BCUT2D eigenvalue weighted by molar-refractivity contribution is 7.89. The smallest absolute Gasteiger partial charge is 0.243 e. The van der Waals surface area contributed by atoms with Crippen LogP contribution in [-0.4, -0.2) is 44.6 Å². The second-order valence-electron chi connectivity index (χ2n) is 3.55. The van der Waals surface area contributed by atoms with Gasteiger partial charge in [-0.3, -0.25) is 0 Å². The normalized spacial score (nSPS) is 11.5. The Morgan fingerprint density at radius 1 is 1.39 bits per heavy atom. The molecule has 0 radical (unpaired) electrons. The minimum atomic E-state index is -3.60.